The number of nitrogens with zero attached hydrogens (tertiary/aromatic N) is 2. The lowest BCUT2D eigenvalue weighted by Gasteiger charge is -2.22. The molecule has 0 amide bonds. The molecule has 1 aromatic heterocycles. The fourth-order valence-electron chi connectivity index (χ4n) is 2.15. The van der Waals surface area contributed by atoms with Gasteiger partial charge in [-0.25, -0.2) is 4.79 Å². The first kappa shape index (κ1) is 14.7. The molecule has 0 aliphatic rings. The molecule has 21 heavy (non-hydrogen) atoms. The average Bonchev–Trinajstić information content (AvgIpc) is 2.85. The molecule has 2 rings (SSSR count). The van der Waals surface area contributed by atoms with Crippen molar-refractivity contribution in [1.29, 1.82) is 5.26 Å². The molecule has 0 saturated heterocycles. The third kappa shape index (κ3) is 3.63. The number of nitriles is 1. The van der Waals surface area contributed by atoms with Gasteiger partial charge < -0.3 is 14.4 Å². The Labute approximate surface area is 123 Å². The lowest BCUT2D eigenvalue weighted by molar-refractivity contribution is 0.0695. The lowest BCUT2D eigenvalue weighted by Crippen LogP contribution is -2.23. The quantitative estimate of drug-likeness (QED) is 0.881. The van der Waals surface area contributed by atoms with Crippen LogP contribution in [0.3, 0.4) is 0 Å². The van der Waals surface area contributed by atoms with E-state index >= 15 is 0 Å². The van der Waals surface area contributed by atoms with E-state index in [-0.39, 0.29) is 5.56 Å². The standard InChI is InChI=1S/C16H16N2O3/c1-12-15(16(19)20)10-14(21-12)11-18(9-5-8-17)13-6-3-2-4-7-13/h2-4,6-7,10H,5,9,11H2,1H3,(H,19,20). The second-order valence-corrected chi connectivity index (χ2v) is 4.65. The molecule has 0 bridgehead atoms. The van der Waals surface area contributed by atoms with Crippen molar-refractivity contribution in [2.75, 3.05) is 11.4 Å². The second kappa shape index (κ2) is 6.62. The molecule has 2 aromatic rings. The predicted molar refractivity (Wildman–Crippen MR) is 78.1 cm³/mol. The second-order valence-electron chi connectivity index (χ2n) is 4.65. The van der Waals surface area contributed by atoms with E-state index in [9.17, 15) is 4.79 Å². The minimum absolute atomic E-state index is 0.179. The number of aromatic carboxylic acids is 1. The van der Waals surface area contributed by atoms with Crippen LogP contribution in [0.15, 0.2) is 40.8 Å². The predicted octanol–water partition coefficient (Wildman–Crippen LogP) is 3.21. The van der Waals surface area contributed by atoms with Crippen molar-refractivity contribution in [3.05, 3.63) is 53.5 Å². The smallest absolute Gasteiger partial charge is 0.339 e. The molecule has 0 atom stereocenters. The number of rotatable bonds is 6. The molecule has 5 nitrogen and oxygen atoms in total. The van der Waals surface area contributed by atoms with E-state index in [2.05, 4.69) is 6.07 Å². The molecule has 1 N–H and O–H groups in total. The number of aryl methyl sites for hydroxylation is 1. The molecule has 108 valence electrons. The van der Waals surface area contributed by atoms with Gasteiger partial charge in [0, 0.05) is 12.2 Å². The van der Waals surface area contributed by atoms with E-state index in [1.807, 2.05) is 35.2 Å². The SMILES string of the molecule is Cc1oc(CN(CCC#N)c2ccccc2)cc1C(=O)O. The van der Waals surface area contributed by atoms with Gasteiger partial charge in [0.05, 0.1) is 19.0 Å². The fraction of sp³-hybridized carbons (Fsp3) is 0.250. The van der Waals surface area contributed by atoms with Crippen molar-refractivity contribution in [3.63, 3.8) is 0 Å². The summed E-state index contributed by atoms with van der Waals surface area (Å²) >= 11 is 0. The molecular formula is C16H16N2O3. The minimum atomic E-state index is -0.995. The Morgan fingerprint density at radius 2 is 2.10 bits per heavy atom. The van der Waals surface area contributed by atoms with Crippen molar-refractivity contribution in [2.24, 2.45) is 0 Å². The number of benzene rings is 1. The zero-order chi connectivity index (χ0) is 15.2. The Morgan fingerprint density at radius 3 is 2.67 bits per heavy atom. The van der Waals surface area contributed by atoms with Crippen LogP contribution in [0.5, 0.6) is 0 Å². The summed E-state index contributed by atoms with van der Waals surface area (Å²) in [6.45, 7) is 2.62. The van der Waals surface area contributed by atoms with Crippen LogP contribution in [0.4, 0.5) is 5.69 Å². The zero-order valence-electron chi connectivity index (χ0n) is 11.7. The summed E-state index contributed by atoms with van der Waals surface area (Å²) in [6.07, 6.45) is 0.389. The fourth-order valence-corrected chi connectivity index (χ4v) is 2.15. The maximum Gasteiger partial charge on any atom is 0.339 e. The molecule has 0 saturated carbocycles. The molecule has 1 aromatic carbocycles. The lowest BCUT2D eigenvalue weighted by atomic mass is 10.2. The first-order valence-corrected chi connectivity index (χ1v) is 6.61. The summed E-state index contributed by atoms with van der Waals surface area (Å²) in [4.78, 5) is 13.0. The van der Waals surface area contributed by atoms with Crippen LogP contribution in [-0.4, -0.2) is 17.6 Å². The van der Waals surface area contributed by atoms with Gasteiger partial charge in [0.1, 0.15) is 17.1 Å². The van der Waals surface area contributed by atoms with Gasteiger partial charge in [-0.1, -0.05) is 18.2 Å². The van der Waals surface area contributed by atoms with Crippen LogP contribution in [0.2, 0.25) is 0 Å². The molecule has 0 spiro atoms. The highest BCUT2D eigenvalue weighted by Crippen LogP contribution is 2.20. The van der Waals surface area contributed by atoms with E-state index < -0.39 is 5.97 Å². The van der Waals surface area contributed by atoms with Crippen LogP contribution < -0.4 is 4.90 Å². The van der Waals surface area contributed by atoms with Crippen molar-refractivity contribution >= 4 is 11.7 Å². The van der Waals surface area contributed by atoms with E-state index in [0.29, 0.717) is 31.0 Å². The Hall–Kier alpha value is -2.74. The molecule has 0 aliphatic heterocycles. The van der Waals surface area contributed by atoms with Gasteiger partial charge in [-0.2, -0.15) is 5.26 Å². The molecule has 0 unspecified atom stereocenters. The molecule has 0 aliphatic carbocycles. The van der Waals surface area contributed by atoms with E-state index in [1.54, 1.807) is 13.0 Å². The van der Waals surface area contributed by atoms with Gasteiger partial charge in [-0.05, 0) is 25.1 Å². The highest BCUT2D eigenvalue weighted by molar-refractivity contribution is 5.88. The van der Waals surface area contributed by atoms with Crippen molar-refractivity contribution in [2.45, 2.75) is 19.9 Å². The Bertz CT molecular complexity index is 656. The number of hydrogen-bond acceptors (Lipinski definition) is 4. The maximum absolute atomic E-state index is 11.0. The Kier molecular flexibility index (Phi) is 4.62. The number of anilines is 1. The maximum atomic E-state index is 11.0. The average molecular weight is 284 g/mol. The summed E-state index contributed by atoms with van der Waals surface area (Å²) in [6, 6.07) is 13.3. The summed E-state index contributed by atoms with van der Waals surface area (Å²) in [7, 11) is 0. The van der Waals surface area contributed by atoms with Gasteiger partial charge in [-0.15, -0.1) is 0 Å². The number of carboxylic acids is 1. The molecule has 1 heterocycles. The van der Waals surface area contributed by atoms with Crippen LogP contribution in [0.25, 0.3) is 0 Å². The van der Waals surface area contributed by atoms with Gasteiger partial charge in [0.15, 0.2) is 0 Å². The topological polar surface area (TPSA) is 77.5 Å². The van der Waals surface area contributed by atoms with Gasteiger partial charge >= 0.3 is 5.97 Å². The zero-order valence-corrected chi connectivity index (χ0v) is 11.7. The van der Waals surface area contributed by atoms with Crippen molar-refractivity contribution in [3.8, 4) is 6.07 Å². The number of hydrogen-bond donors (Lipinski definition) is 1. The number of carbonyl (C=O) groups is 1. The third-order valence-electron chi connectivity index (χ3n) is 3.16. The summed E-state index contributed by atoms with van der Waals surface area (Å²) in [5, 5.41) is 17.8. The summed E-state index contributed by atoms with van der Waals surface area (Å²) < 4.78 is 5.50. The van der Waals surface area contributed by atoms with Gasteiger partial charge in [0.25, 0.3) is 0 Å². The Morgan fingerprint density at radius 1 is 1.38 bits per heavy atom. The molecule has 0 fully saturated rings. The van der Waals surface area contributed by atoms with E-state index in [4.69, 9.17) is 14.8 Å². The van der Waals surface area contributed by atoms with Crippen molar-refractivity contribution < 1.29 is 14.3 Å². The minimum Gasteiger partial charge on any atom is -0.478 e. The number of carboxylic acid groups (broad SMARTS) is 1. The number of para-hydroxylation sites is 1. The third-order valence-corrected chi connectivity index (χ3v) is 3.16. The van der Waals surface area contributed by atoms with Crippen LogP contribution >= 0.6 is 0 Å². The normalized spacial score (nSPS) is 10.1. The summed E-state index contributed by atoms with van der Waals surface area (Å²) in [5.41, 5.74) is 1.15. The van der Waals surface area contributed by atoms with E-state index in [0.717, 1.165) is 5.69 Å². The monoisotopic (exact) mass is 284 g/mol. The first-order chi connectivity index (χ1) is 10.1. The molecule has 5 heteroatoms. The largest absolute Gasteiger partial charge is 0.478 e. The molecule has 0 radical (unpaired) electrons. The van der Waals surface area contributed by atoms with Gasteiger partial charge in [0.2, 0.25) is 0 Å². The molecular weight excluding hydrogens is 268 g/mol. The van der Waals surface area contributed by atoms with Gasteiger partial charge in [-0.3, -0.25) is 0 Å². The van der Waals surface area contributed by atoms with Crippen molar-refractivity contribution in [1.82, 2.24) is 0 Å². The van der Waals surface area contributed by atoms with Crippen LogP contribution in [0.1, 0.15) is 28.3 Å². The highest BCUT2D eigenvalue weighted by atomic mass is 16.4. The van der Waals surface area contributed by atoms with Crippen LogP contribution in [0, 0.1) is 18.3 Å². The summed E-state index contributed by atoms with van der Waals surface area (Å²) in [5.74, 6) is -0.0247. The Balaban J connectivity index is 2.21. The highest BCUT2D eigenvalue weighted by Gasteiger charge is 2.16. The first-order valence-electron chi connectivity index (χ1n) is 6.61. The van der Waals surface area contributed by atoms with E-state index in [1.165, 1.54) is 0 Å². The van der Waals surface area contributed by atoms with Crippen LogP contribution in [-0.2, 0) is 6.54 Å². The number of furan rings is 1.